The number of rotatable bonds is 7. The Hall–Kier alpha value is -2.90. The van der Waals surface area contributed by atoms with Crippen LogP contribution >= 0.6 is 11.3 Å². The van der Waals surface area contributed by atoms with Gasteiger partial charge in [-0.1, -0.05) is 47.6 Å². The van der Waals surface area contributed by atoms with Crippen LogP contribution < -0.4 is 10.0 Å². The van der Waals surface area contributed by atoms with E-state index in [4.69, 9.17) is 0 Å². The van der Waals surface area contributed by atoms with E-state index in [0.717, 1.165) is 47.8 Å². The van der Waals surface area contributed by atoms with Gasteiger partial charge in [-0.05, 0) is 43.5 Å². The average Bonchev–Trinajstić information content (AvgIpc) is 3.19. The summed E-state index contributed by atoms with van der Waals surface area (Å²) in [6.45, 7) is 0.188. The molecular formula is C22H20F4N4O3S2. The largest absolute Gasteiger partial charge is 0.402 e. The van der Waals surface area contributed by atoms with Crippen molar-refractivity contribution in [3.63, 3.8) is 0 Å². The van der Waals surface area contributed by atoms with Crippen molar-refractivity contribution in [1.29, 1.82) is 0 Å². The van der Waals surface area contributed by atoms with E-state index in [-0.39, 0.29) is 10.5 Å². The second-order valence-corrected chi connectivity index (χ2v) is 11.0. The second-order valence-electron chi connectivity index (χ2n) is 8.25. The molecule has 7 nitrogen and oxygen atoms in total. The lowest BCUT2D eigenvalue weighted by Gasteiger charge is -2.40. The molecule has 2 aromatic carbocycles. The average molecular weight is 529 g/mol. The number of nitrogens with one attached hydrogen (secondary N) is 2. The van der Waals surface area contributed by atoms with Crippen molar-refractivity contribution in [2.75, 3.05) is 11.9 Å². The number of carbonyl (C=O) groups is 1. The topological polar surface area (TPSA) is 101 Å². The molecule has 2 N–H and O–H groups in total. The quantitative estimate of drug-likeness (QED) is 0.439. The SMILES string of the molecule is Cc1cccc(C2(c3nnc(NC(=O)c4cc(S(=O)(=O)NCC(F)(F)F)ccc4F)s3)CCC2)c1. The van der Waals surface area contributed by atoms with Crippen LogP contribution in [0.5, 0.6) is 0 Å². The Morgan fingerprint density at radius 2 is 1.89 bits per heavy atom. The van der Waals surface area contributed by atoms with E-state index < -0.39 is 44.9 Å². The minimum absolute atomic E-state index is 0.0896. The molecule has 0 atom stereocenters. The van der Waals surface area contributed by atoms with E-state index in [0.29, 0.717) is 17.1 Å². The number of sulfonamides is 1. The standard InChI is InChI=1S/C22H20F4N4O3S2/c1-13-4-2-5-14(10-13)21(8-3-9-21)19-29-30-20(34-19)28-18(31)16-11-15(6-7-17(16)23)35(32,33)27-12-22(24,25)26/h2,4-7,10-11,27H,3,8-9,12H2,1H3,(H,28,30,31). The molecule has 13 heteroatoms. The Kier molecular flexibility index (Phi) is 6.68. The zero-order chi connectivity index (χ0) is 25.4. The van der Waals surface area contributed by atoms with E-state index in [2.05, 4.69) is 21.6 Å². The first-order valence-corrected chi connectivity index (χ1v) is 12.8. The Morgan fingerprint density at radius 3 is 2.51 bits per heavy atom. The molecule has 0 spiro atoms. The molecule has 0 unspecified atom stereocenters. The molecule has 1 aliphatic carbocycles. The van der Waals surface area contributed by atoms with Gasteiger partial charge in [0.2, 0.25) is 15.2 Å². The third-order valence-electron chi connectivity index (χ3n) is 5.79. The molecule has 0 bridgehead atoms. The summed E-state index contributed by atoms with van der Waals surface area (Å²) in [4.78, 5) is 12.0. The van der Waals surface area contributed by atoms with Crippen LogP contribution in [0.3, 0.4) is 0 Å². The molecule has 35 heavy (non-hydrogen) atoms. The van der Waals surface area contributed by atoms with Crippen molar-refractivity contribution in [1.82, 2.24) is 14.9 Å². The molecule has 1 heterocycles. The van der Waals surface area contributed by atoms with E-state index in [1.807, 2.05) is 25.1 Å². The number of aryl methyl sites for hydroxylation is 1. The highest BCUT2D eigenvalue weighted by Crippen LogP contribution is 2.50. The van der Waals surface area contributed by atoms with Gasteiger partial charge < -0.3 is 0 Å². The highest BCUT2D eigenvalue weighted by Gasteiger charge is 2.43. The number of hydrogen-bond donors (Lipinski definition) is 2. The predicted molar refractivity (Wildman–Crippen MR) is 121 cm³/mol. The number of nitrogens with zero attached hydrogens (tertiary/aromatic N) is 2. The van der Waals surface area contributed by atoms with E-state index >= 15 is 0 Å². The number of amides is 1. The normalized spacial score (nSPS) is 15.5. The highest BCUT2D eigenvalue weighted by atomic mass is 32.2. The fourth-order valence-corrected chi connectivity index (χ4v) is 5.88. The van der Waals surface area contributed by atoms with Crippen molar-refractivity contribution in [2.24, 2.45) is 0 Å². The number of benzene rings is 2. The summed E-state index contributed by atoms with van der Waals surface area (Å²) in [5, 5.41) is 11.4. The number of anilines is 1. The number of alkyl halides is 3. The lowest BCUT2D eigenvalue weighted by molar-refractivity contribution is -0.121. The molecule has 1 aromatic heterocycles. The van der Waals surface area contributed by atoms with Gasteiger partial charge in [0.15, 0.2) is 0 Å². The summed E-state index contributed by atoms with van der Waals surface area (Å²) in [6, 6.07) is 10.2. The van der Waals surface area contributed by atoms with Crippen LogP contribution in [0.4, 0.5) is 22.7 Å². The summed E-state index contributed by atoms with van der Waals surface area (Å²) in [7, 11) is -4.63. The lowest BCUT2D eigenvalue weighted by atomic mass is 9.65. The van der Waals surface area contributed by atoms with Crippen LogP contribution in [0.1, 0.15) is 45.8 Å². The molecule has 1 fully saturated rings. The van der Waals surface area contributed by atoms with Gasteiger partial charge in [0, 0.05) is 5.41 Å². The van der Waals surface area contributed by atoms with Gasteiger partial charge in [0.25, 0.3) is 5.91 Å². The number of halogens is 4. The summed E-state index contributed by atoms with van der Waals surface area (Å²) in [5.74, 6) is -2.05. The van der Waals surface area contributed by atoms with Gasteiger partial charge in [-0.15, -0.1) is 10.2 Å². The zero-order valence-electron chi connectivity index (χ0n) is 18.3. The van der Waals surface area contributed by atoms with Gasteiger partial charge in [0.05, 0.1) is 10.5 Å². The minimum atomic E-state index is -4.78. The maximum atomic E-state index is 14.3. The summed E-state index contributed by atoms with van der Waals surface area (Å²) in [6.07, 6.45) is -2.06. The fraction of sp³-hybridized carbons (Fsp3) is 0.318. The second kappa shape index (κ2) is 9.28. The van der Waals surface area contributed by atoms with Gasteiger partial charge >= 0.3 is 6.18 Å². The molecule has 1 amide bonds. The number of carbonyl (C=O) groups excluding carboxylic acids is 1. The van der Waals surface area contributed by atoms with Crippen LogP contribution in [-0.4, -0.2) is 37.2 Å². The van der Waals surface area contributed by atoms with Gasteiger partial charge in [0.1, 0.15) is 17.4 Å². The smallest absolute Gasteiger partial charge is 0.296 e. The highest BCUT2D eigenvalue weighted by molar-refractivity contribution is 7.89. The molecule has 1 aliphatic rings. The van der Waals surface area contributed by atoms with Crippen LogP contribution in [0.15, 0.2) is 47.4 Å². The van der Waals surface area contributed by atoms with Crippen LogP contribution in [0.2, 0.25) is 0 Å². The van der Waals surface area contributed by atoms with E-state index in [1.165, 1.54) is 4.72 Å². The third-order valence-corrected chi connectivity index (χ3v) is 8.23. The Bertz CT molecular complexity index is 1370. The molecule has 3 aromatic rings. The first-order valence-electron chi connectivity index (χ1n) is 10.5. The molecule has 186 valence electrons. The predicted octanol–water partition coefficient (Wildman–Crippen LogP) is 4.55. The van der Waals surface area contributed by atoms with E-state index in [9.17, 15) is 30.8 Å². The first-order chi connectivity index (χ1) is 16.4. The fourth-order valence-electron chi connectivity index (χ4n) is 3.84. The molecule has 0 saturated heterocycles. The maximum absolute atomic E-state index is 14.3. The van der Waals surface area contributed by atoms with Crippen LogP contribution in [-0.2, 0) is 15.4 Å². The number of aromatic nitrogens is 2. The van der Waals surface area contributed by atoms with Crippen molar-refractivity contribution in [3.05, 3.63) is 70.0 Å². The minimum Gasteiger partial charge on any atom is -0.296 e. The Morgan fingerprint density at radius 1 is 1.14 bits per heavy atom. The summed E-state index contributed by atoms with van der Waals surface area (Å²) < 4.78 is 77.2. The van der Waals surface area contributed by atoms with Gasteiger partial charge in [-0.2, -0.15) is 13.2 Å². The van der Waals surface area contributed by atoms with Crippen LogP contribution in [0, 0.1) is 12.7 Å². The lowest BCUT2D eigenvalue weighted by Crippen LogP contribution is -2.35. The molecule has 1 saturated carbocycles. The zero-order valence-corrected chi connectivity index (χ0v) is 20.0. The van der Waals surface area contributed by atoms with Crippen molar-refractivity contribution in [2.45, 2.75) is 42.7 Å². The van der Waals surface area contributed by atoms with Crippen molar-refractivity contribution < 1.29 is 30.8 Å². The van der Waals surface area contributed by atoms with E-state index in [1.54, 1.807) is 0 Å². The van der Waals surface area contributed by atoms with Crippen LogP contribution in [0.25, 0.3) is 0 Å². The Labute approximate surface area is 202 Å². The number of hydrogen-bond acceptors (Lipinski definition) is 6. The monoisotopic (exact) mass is 528 g/mol. The first kappa shape index (κ1) is 25.2. The van der Waals surface area contributed by atoms with Gasteiger partial charge in [-0.25, -0.2) is 17.5 Å². The van der Waals surface area contributed by atoms with Gasteiger partial charge in [-0.3, -0.25) is 10.1 Å². The summed E-state index contributed by atoms with van der Waals surface area (Å²) in [5.41, 5.74) is 1.21. The molecular weight excluding hydrogens is 508 g/mol. The third kappa shape index (κ3) is 5.36. The Balaban J connectivity index is 1.55. The molecule has 0 aliphatic heterocycles. The maximum Gasteiger partial charge on any atom is 0.402 e. The van der Waals surface area contributed by atoms with Crippen molar-refractivity contribution in [3.8, 4) is 0 Å². The summed E-state index contributed by atoms with van der Waals surface area (Å²) >= 11 is 1.13. The molecule has 0 radical (unpaired) electrons. The molecule has 4 rings (SSSR count). The van der Waals surface area contributed by atoms with Crippen molar-refractivity contribution >= 4 is 32.4 Å².